The second-order valence-electron chi connectivity index (χ2n) is 3.92. The molecule has 0 saturated carbocycles. The number of nitrogens with zero attached hydrogens (tertiary/aromatic N) is 1. The van der Waals surface area contributed by atoms with Gasteiger partial charge in [-0.1, -0.05) is 12.2 Å². The van der Waals surface area contributed by atoms with E-state index in [4.69, 9.17) is 0 Å². The molecule has 0 aromatic rings. The van der Waals surface area contributed by atoms with Gasteiger partial charge in [-0.15, -0.1) is 0 Å². The summed E-state index contributed by atoms with van der Waals surface area (Å²) < 4.78 is 0. The summed E-state index contributed by atoms with van der Waals surface area (Å²) in [5, 5.41) is 0. The Morgan fingerprint density at radius 2 is 2.38 bits per heavy atom. The Hall–Kier alpha value is -0.890. The highest BCUT2D eigenvalue weighted by atomic mass is 16.1. The van der Waals surface area contributed by atoms with E-state index >= 15 is 0 Å². The third-order valence-corrected chi connectivity index (χ3v) is 2.89. The smallest absolute Gasteiger partial charge is 0.151 e. The number of likely N-dealkylation sites (N-methyl/N-ethyl adjacent to an activating group) is 1. The molecule has 2 aliphatic rings. The molecule has 13 heavy (non-hydrogen) atoms. The van der Waals surface area contributed by atoms with Gasteiger partial charge in [0.2, 0.25) is 0 Å². The lowest BCUT2D eigenvalue weighted by atomic mass is 9.94. The van der Waals surface area contributed by atoms with Crippen LogP contribution in [0.2, 0.25) is 0 Å². The predicted octanol–water partition coefficient (Wildman–Crippen LogP) is 1.54. The predicted molar refractivity (Wildman–Crippen MR) is 52.5 cm³/mol. The van der Waals surface area contributed by atoms with Gasteiger partial charge in [0.05, 0.1) is 6.04 Å². The average molecular weight is 177 g/mol. The zero-order valence-electron chi connectivity index (χ0n) is 8.21. The summed E-state index contributed by atoms with van der Waals surface area (Å²) in [6, 6.07) is 0.0694. The Bertz CT molecular complexity index is 301. The number of Topliss-reactive ketones (excluding diaryl/α,β-unsaturated/α-hetero) is 1. The Morgan fingerprint density at radius 3 is 3.08 bits per heavy atom. The normalized spacial score (nSPS) is 28.0. The zero-order chi connectivity index (χ0) is 9.42. The topological polar surface area (TPSA) is 20.3 Å². The van der Waals surface area contributed by atoms with Gasteiger partial charge in [0.15, 0.2) is 5.78 Å². The van der Waals surface area contributed by atoms with Crippen molar-refractivity contribution in [2.24, 2.45) is 0 Å². The van der Waals surface area contributed by atoms with Gasteiger partial charge in [-0.3, -0.25) is 9.69 Å². The molecule has 2 nitrogen and oxygen atoms in total. The molecule has 2 rings (SSSR count). The molecule has 0 saturated heterocycles. The Kier molecular flexibility index (Phi) is 2.08. The quantitative estimate of drug-likeness (QED) is 0.605. The molecule has 0 radical (unpaired) electrons. The maximum atomic E-state index is 11.4. The lowest BCUT2D eigenvalue weighted by molar-refractivity contribution is -0.120. The van der Waals surface area contributed by atoms with Crippen molar-refractivity contribution in [3.63, 3.8) is 0 Å². The van der Waals surface area contributed by atoms with E-state index in [2.05, 4.69) is 17.1 Å². The minimum Gasteiger partial charge on any atom is -0.298 e. The van der Waals surface area contributed by atoms with Crippen molar-refractivity contribution in [1.82, 2.24) is 4.90 Å². The van der Waals surface area contributed by atoms with Gasteiger partial charge in [0.25, 0.3) is 0 Å². The minimum absolute atomic E-state index is 0.0694. The van der Waals surface area contributed by atoms with Crippen molar-refractivity contribution in [2.75, 3.05) is 13.6 Å². The van der Waals surface area contributed by atoms with Crippen LogP contribution >= 0.6 is 0 Å². The van der Waals surface area contributed by atoms with E-state index in [1.54, 1.807) is 6.92 Å². The van der Waals surface area contributed by atoms with E-state index in [-0.39, 0.29) is 11.8 Å². The molecule has 2 heteroatoms. The summed E-state index contributed by atoms with van der Waals surface area (Å²) in [6.45, 7) is 2.63. The summed E-state index contributed by atoms with van der Waals surface area (Å²) in [7, 11) is 2.03. The second kappa shape index (κ2) is 3.11. The highest BCUT2D eigenvalue weighted by molar-refractivity contribution is 5.86. The molecule has 1 atom stereocenters. The number of carbonyl (C=O) groups is 1. The molecule has 0 spiro atoms. The Morgan fingerprint density at radius 1 is 1.62 bits per heavy atom. The van der Waals surface area contributed by atoms with Gasteiger partial charge in [0, 0.05) is 6.54 Å². The zero-order valence-corrected chi connectivity index (χ0v) is 8.21. The first-order valence-electron chi connectivity index (χ1n) is 4.79. The fourth-order valence-corrected chi connectivity index (χ4v) is 2.38. The molecule has 0 fully saturated rings. The van der Waals surface area contributed by atoms with Crippen LogP contribution in [0.1, 0.15) is 19.8 Å². The number of hydrogen-bond donors (Lipinski definition) is 0. The van der Waals surface area contributed by atoms with Crippen molar-refractivity contribution < 1.29 is 4.79 Å². The van der Waals surface area contributed by atoms with Crippen LogP contribution in [0.3, 0.4) is 0 Å². The fraction of sp³-hybridized carbons (Fsp3) is 0.545. The van der Waals surface area contributed by atoms with Crippen molar-refractivity contribution >= 4 is 5.78 Å². The van der Waals surface area contributed by atoms with Gasteiger partial charge < -0.3 is 0 Å². The minimum atomic E-state index is 0.0694. The molecule has 1 unspecified atom stereocenters. The first-order chi connectivity index (χ1) is 6.20. The van der Waals surface area contributed by atoms with Crippen LogP contribution in [0.15, 0.2) is 23.3 Å². The second-order valence-corrected chi connectivity index (χ2v) is 3.92. The van der Waals surface area contributed by atoms with Crippen LogP contribution in [0, 0.1) is 0 Å². The molecule has 1 aliphatic heterocycles. The summed E-state index contributed by atoms with van der Waals surface area (Å²) >= 11 is 0. The van der Waals surface area contributed by atoms with Crippen LogP contribution in [-0.2, 0) is 4.79 Å². The van der Waals surface area contributed by atoms with Gasteiger partial charge in [-0.05, 0) is 38.0 Å². The number of carbonyl (C=O) groups excluding carboxylic acids is 1. The molecule has 0 bridgehead atoms. The van der Waals surface area contributed by atoms with Crippen molar-refractivity contribution in [3.05, 3.63) is 23.3 Å². The molecular formula is C11H15NO. The molecular weight excluding hydrogens is 162 g/mol. The number of ketones is 1. The monoisotopic (exact) mass is 177 g/mol. The van der Waals surface area contributed by atoms with Crippen LogP contribution in [0.5, 0.6) is 0 Å². The molecule has 1 heterocycles. The molecule has 0 N–H and O–H groups in total. The van der Waals surface area contributed by atoms with Crippen molar-refractivity contribution in [3.8, 4) is 0 Å². The molecule has 70 valence electrons. The van der Waals surface area contributed by atoms with Crippen LogP contribution in [0.4, 0.5) is 0 Å². The third-order valence-electron chi connectivity index (χ3n) is 2.89. The molecule has 0 aromatic heterocycles. The fourth-order valence-electron chi connectivity index (χ4n) is 2.38. The number of rotatable bonds is 1. The van der Waals surface area contributed by atoms with Gasteiger partial charge in [0.1, 0.15) is 0 Å². The standard InChI is InChI=1S/C11H15NO/c1-8(13)11-10-6-4-3-5-9(10)7-12(11)2/h3,5,11H,4,6-7H2,1-2H3. The molecule has 0 amide bonds. The maximum Gasteiger partial charge on any atom is 0.151 e. The van der Waals surface area contributed by atoms with E-state index in [1.807, 2.05) is 7.05 Å². The van der Waals surface area contributed by atoms with Gasteiger partial charge in [-0.25, -0.2) is 0 Å². The molecule has 1 aliphatic carbocycles. The van der Waals surface area contributed by atoms with E-state index in [9.17, 15) is 4.79 Å². The van der Waals surface area contributed by atoms with E-state index < -0.39 is 0 Å². The Labute approximate surface area is 78.9 Å². The summed E-state index contributed by atoms with van der Waals surface area (Å²) in [5.41, 5.74) is 2.73. The summed E-state index contributed by atoms with van der Waals surface area (Å²) in [4.78, 5) is 13.6. The largest absolute Gasteiger partial charge is 0.298 e. The SMILES string of the molecule is CC(=O)C1C2=C(C=CCC2)CN1C. The maximum absolute atomic E-state index is 11.4. The number of allylic oxidation sites excluding steroid dienone is 1. The van der Waals surface area contributed by atoms with Crippen LogP contribution in [0.25, 0.3) is 0 Å². The highest BCUT2D eigenvalue weighted by Gasteiger charge is 2.32. The third kappa shape index (κ3) is 1.35. The Balaban J connectivity index is 2.32. The van der Waals surface area contributed by atoms with Crippen molar-refractivity contribution in [2.45, 2.75) is 25.8 Å². The summed E-state index contributed by atoms with van der Waals surface area (Å²) in [6.07, 6.45) is 6.55. The van der Waals surface area contributed by atoms with Gasteiger partial charge >= 0.3 is 0 Å². The number of hydrogen-bond acceptors (Lipinski definition) is 2. The van der Waals surface area contributed by atoms with Crippen LogP contribution in [-0.4, -0.2) is 30.3 Å². The lowest BCUT2D eigenvalue weighted by Gasteiger charge is -2.19. The van der Waals surface area contributed by atoms with Gasteiger partial charge in [-0.2, -0.15) is 0 Å². The van der Waals surface area contributed by atoms with Crippen LogP contribution < -0.4 is 0 Å². The average Bonchev–Trinajstić information content (AvgIpc) is 2.39. The van der Waals surface area contributed by atoms with Crippen molar-refractivity contribution in [1.29, 1.82) is 0 Å². The van der Waals surface area contributed by atoms with E-state index in [0.717, 1.165) is 19.4 Å². The highest BCUT2D eigenvalue weighted by Crippen LogP contribution is 2.31. The lowest BCUT2D eigenvalue weighted by Crippen LogP contribution is -2.34. The first-order valence-corrected chi connectivity index (χ1v) is 4.79. The molecule has 0 aromatic carbocycles. The van der Waals surface area contributed by atoms with E-state index in [0.29, 0.717) is 0 Å². The summed E-state index contributed by atoms with van der Waals surface area (Å²) in [5.74, 6) is 0.280. The first kappa shape index (κ1) is 8.70. The van der Waals surface area contributed by atoms with E-state index in [1.165, 1.54) is 11.1 Å².